The van der Waals surface area contributed by atoms with Gasteiger partial charge in [0.25, 0.3) is 5.91 Å². The molecule has 2 fully saturated rings. The summed E-state index contributed by atoms with van der Waals surface area (Å²) in [5.41, 5.74) is 1.67. The Hall–Kier alpha value is -2.08. The van der Waals surface area contributed by atoms with Crippen molar-refractivity contribution in [1.82, 2.24) is 15.1 Å². The molecule has 2 aliphatic rings. The lowest BCUT2D eigenvalue weighted by Gasteiger charge is -2.37. The van der Waals surface area contributed by atoms with Crippen molar-refractivity contribution in [2.24, 2.45) is 0 Å². The van der Waals surface area contributed by atoms with Crippen LogP contribution in [0.5, 0.6) is 5.75 Å². The zero-order valence-electron chi connectivity index (χ0n) is 16.7. The number of hydrogen-bond acceptors (Lipinski definition) is 4. The van der Waals surface area contributed by atoms with Gasteiger partial charge in [-0.15, -0.1) is 0 Å². The maximum absolute atomic E-state index is 12.8. The van der Waals surface area contributed by atoms with E-state index in [2.05, 4.69) is 10.2 Å². The zero-order chi connectivity index (χ0) is 19.4. The van der Waals surface area contributed by atoms with Crippen molar-refractivity contribution in [3.8, 4) is 5.75 Å². The molecule has 1 unspecified atom stereocenters. The van der Waals surface area contributed by atoms with Crippen LogP contribution in [0, 0.1) is 6.92 Å². The largest absolute Gasteiger partial charge is 0.496 e. The molecule has 1 heterocycles. The SMILES string of the molecule is COc1cc(C(=O)N2CCN(C(C)C(=O)NC3CCCC3)CC2)ccc1C. The minimum Gasteiger partial charge on any atom is -0.496 e. The highest BCUT2D eigenvalue weighted by atomic mass is 16.5. The number of methoxy groups -OCH3 is 1. The zero-order valence-corrected chi connectivity index (χ0v) is 16.7. The van der Waals surface area contributed by atoms with Crippen molar-refractivity contribution in [2.75, 3.05) is 33.3 Å². The van der Waals surface area contributed by atoms with Crippen LogP contribution >= 0.6 is 0 Å². The summed E-state index contributed by atoms with van der Waals surface area (Å²) in [6.45, 7) is 6.63. The van der Waals surface area contributed by atoms with Crippen LogP contribution in [0.1, 0.15) is 48.5 Å². The molecule has 1 aromatic rings. The van der Waals surface area contributed by atoms with Crippen molar-refractivity contribution < 1.29 is 14.3 Å². The third kappa shape index (κ3) is 4.61. The summed E-state index contributed by atoms with van der Waals surface area (Å²) < 4.78 is 5.33. The van der Waals surface area contributed by atoms with Crippen LogP contribution in [-0.4, -0.2) is 67.0 Å². The summed E-state index contributed by atoms with van der Waals surface area (Å²) in [5.74, 6) is 0.873. The molecular weight excluding hydrogens is 342 g/mol. The molecule has 1 aliphatic carbocycles. The highest BCUT2D eigenvalue weighted by Gasteiger charge is 2.29. The monoisotopic (exact) mass is 373 g/mol. The average molecular weight is 373 g/mol. The highest BCUT2D eigenvalue weighted by Crippen LogP contribution is 2.21. The molecule has 0 spiro atoms. The van der Waals surface area contributed by atoms with Crippen molar-refractivity contribution in [2.45, 2.75) is 51.6 Å². The Bertz CT molecular complexity index is 677. The van der Waals surface area contributed by atoms with Crippen molar-refractivity contribution in [3.05, 3.63) is 29.3 Å². The first-order valence-electron chi connectivity index (χ1n) is 9.98. The number of amides is 2. The fraction of sp³-hybridized carbons (Fsp3) is 0.619. The molecule has 3 rings (SSSR count). The summed E-state index contributed by atoms with van der Waals surface area (Å²) in [5, 5.41) is 3.18. The quantitative estimate of drug-likeness (QED) is 0.860. The first-order chi connectivity index (χ1) is 13.0. The second-order valence-corrected chi connectivity index (χ2v) is 7.68. The van der Waals surface area contributed by atoms with Crippen LogP contribution in [-0.2, 0) is 4.79 Å². The van der Waals surface area contributed by atoms with Crippen LogP contribution in [0.25, 0.3) is 0 Å². The Morgan fingerprint density at radius 3 is 2.44 bits per heavy atom. The van der Waals surface area contributed by atoms with Gasteiger partial charge in [-0.3, -0.25) is 14.5 Å². The van der Waals surface area contributed by atoms with Crippen molar-refractivity contribution in [1.29, 1.82) is 0 Å². The number of benzene rings is 1. The first-order valence-corrected chi connectivity index (χ1v) is 9.98. The summed E-state index contributed by atoms with van der Waals surface area (Å²) >= 11 is 0. The van der Waals surface area contributed by atoms with Crippen LogP contribution in [0.4, 0.5) is 0 Å². The second-order valence-electron chi connectivity index (χ2n) is 7.68. The molecule has 0 aromatic heterocycles. The molecule has 6 nitrogen and oxygen atoms in total. The topological polar surface area (TPSA) is 61.9 Å². The van der Waals surface area contributed by atoms with Gasteiger partial charge < -0.3 is 15.0 Å². The lowest BCUT2D eigenvalue weighted by atomic mass is 10.1. The Morgan fingerprint density at radius 1 is 1.15 bits per heavy atom. The van der Waals surface area contributed by atoms with E-state index in [9.17, 15) is 9.59 Å². The van der Waals surface area contributed by atoms with Crippen LogP contribution < -0.4 is 10.1 Å². The van der Waals surface area contributed by atoms with Crippen LogP contribution in [0.2, 0.25) is 0 Å². The van der Waals surface area contributed by atoms with Crippen LogP contribution in [0.3, 0.4) is 0 Å². The molecule has 1 aliphatic heterocycles. The fourth-order valence-electron chi connectivity index (χ4n) is 4.01. The molecule has 0 radical (unpaired) electrons. The normalized spacial score (nSPS) is 19.7. The number of aryl methyl sites for hydroxylation is 1. The van der Waals surface area contributed by atoms with Gasteiger partial charge in [-0.25, -0.2) is 0 Å². The van der Waals surface area contributed by atoms with Crippen LogP contribution in [0.15, 0.2) is 18.2 Å². The molecule has 1 N–H and O–H groups in total. The minimum atomic E-state index is -0.151. The van der Waals surface area contributed by atoms with E-state index in [-0.39, 0.29) is 17.9 Å². The van der Waals surface area contributed by atoms with Crippen molar-refractivity contribution >= 4 is 11.8 Å². The lowest BCUT2D eigenvalue weighted by Crippen LogP contribution is -2.55. The number of carbonyl (C=O) groups is 2. The molecule has 0 bridgehead atoms. The third-order valence-electron chi connectivity index (χ3n) is 5.89. The Balaban J connectivity index is 1.53. The predicted molar refractivity (Wildman–Crippen MR) is 105 cm³/mol. The Kier molecular flexibility index (Phi) is 6.37. The third-order valence-corrected chi connectivity index (χ3v) is 5.89. The summed E-state index contributed by atoms with van der Waals surface area (Å²) in [7, 11) is 1.62. The van der Waals surface area contributed by atoms with E-state index < -0.39 is 0 Å². The molecule has 2 amide bonds. The molecule has 6 heteroatoms. The molecule has 148 valence electrons. The Labute approximate surface area is 161 Å². The van der Waals surface area contributed by atoms with Gasteiger partial charge in [0.15, 0.2) is 0 Å². The smallest absolute Gasteiger partial charge is 0.254 e. The minimum absolute atomic E-state index is 0.0241. The maximum Gasteiger partial charge on any atom is 0.254 e. The summed E-state index contributed by atoms with van der Waals surface area (Å²) in [6, 6.07) is 5.77. The molecule has 1 saturated carbocycles. The van der Waals surface area contributed by atoms with E-state index in [0.717, 1.165) is 24.2 Å². The molecule has 27 heavy (non-hydrogen) atoms. The van der Waals surface area contributed by atoms with E-state index in [1.807, 2.05) is 36.9 Å². The van der Waals surface area contributed by atoms with E-state index in [0.29, 0.717) is 37.8 Å². The van der Waals surface area contributed by atoms with Gasteiger partial charge in [-0.05, 0) is 44.4 Å². The van der Waals surface area contributed by atoms with Gasteiger partial charge >= 0.3 is 0 Å². The Morgan fingerprint density at radius 2 is 1.81 bits per heavy atom. The molecular formula is C21H31N3O3. The number of rotatable bonds is 5. The van der Waals surface area contributed by atoms with E-state index >= 15 is 0 Å². The molecule has 1 atom stereocenters. The standard InChI is InChI=1S/C21H31N3O3/c1-15-8-9-17(14-19(15)27-3)21(26)24-12-10-23(11-13-24)16(2)20(25)22-18-6-4-5-7-18/h8-9,14,16,18H,4-7,10-13H2,1-3H3,(H,22,25). The first kappa shape index (κ1) is 19.7. The second kappa shape index (κ2) is 8.74. The number of carbonyl (C=O) groups excluding carboxylic acids is 2. The fourth-order valence-corrected chi connectivity index (χ4v) is 4.01. The lowest BCUT2D eigenvalue weighted by molar-refractivity contribution is -0.127. The molecule has 1 saturated heterocycles. The van der Waals surface area contributed by atoms with E-state index in [4.69, 9.17) is 4.74 Å². The van der Waals surface area contributed by atoms with Gasteiger partial charge in [0.05, 0.1) is 13.2 Å². The number of piperazine rings is 1. The summed E-state index contributed by atoms with van der Waals surface area (Å²) in [6.07, 6.45) is 4.62. The molecule has 1 aromatic carbocycles. The highest BCUT2D eigenvalue weighted by molar-refractivity contribution is 5.94. The number of nitrogens with one attached hydrogen (secondary N) is 1. The van der Waals surface area contributed by atoms with E-state index in [1.165, 1.54) is 12.8 Å². The van der Waals surface area contributed by atoms with Gasteiger partial charge in [0.2, 0.25) is 5.91 Å². The van der Waals surface area contributed by atoms with Gasteiger partial charge in [-0.2, -0.15) is 0 Å². The number of hydrogen-bond donors (Lipinski definition) is 1. The number of nitrogens with zero attached hydrogens (tertiary/aromatic N) is 2. The average Bonchev–Trinajstić information content (AvgIpc) is 3.20. The van der Waals surface area contributed by atoms with E-state index in [1.54, 1.807) is 7.11 Å². The number of ether oxygens (including phenoxy) is 1. The van der Waals surface area contributed by atoms with Crippen molar-refractivity contribution in [3.63, 3.8) is 0 Å². The maximum atomic E-state index is 12.8. The van der Waals surface area contributed by atoms with Gasteiger partial charge in [0, 0.05) is 37.8 Å². The predicted octanol–water partition coefficient (Wildman–Crippen LogP) is 2.21. The van der Waals surface area contributed by atoms with Gasteiger partial charge in [-0.1, -0.05) is 18.9 Å². The summed E-state index contributed by atoms with van der Waals surface area (Å²) in [4.78, 5) is 29.3. The van der Waals surface area contributed by atoms with Gasteiger partial charge in [0.1, 0.15) is 5.75 Å².